The molecular formula is C13H19N3OS. The average molecular weight is 265 g/mol. The zero-order valence-electron chi connectivity index (χ0n) is 10.8. The standard InChI is InChI=1S/C13H19N3OS/c1-10(17)16-6-4-15(5-7-16)8-13-14-12(9-18-13)11-2-3-11/h9,11H,2-8H2,1H3. The van der Waals surface area contributed by atoms with Crippen molar-refractivity contribution in [2.75, 3.05) is 26.2 Å². The normalized spacial score (nSPS) is 21.3. The fourth-order valence-electron chi connectivity index (χ4n) is 2.38. The molecule has 3 rings (SSSR count). The Morgan fingerprint density at radius 1 is 1.39 bits per heavy atom. The Bertz CT molecular complexity index is 433. The molecule has 4 nitrogen and oxygen atoms in total. The van der Waals surface area contributed by atoms with E-state index in [-0.39, 0.29) is 5.91 Å². The lowest BCUT2D eigenvalue weighted by molar-refractivity contribution is -0.130. The van der Waals surface area contributed by atoms with Gasteiger partial charge in [0.25, 0.3) is 0 Å². The average Bonchev–Trinajstić information content (AvgIpc) is 3.11. The lowest BCUT2D eigenvalue weighted by Gasteiger charge is -2.33. The molecule has 18 heavy (non-hydrogen) atoms. The van der Waals surface area contributed by atoms with E-state index in [1.54, 1.807) is 18.3 Å². The van der Waals surface area contributed by atoms with Gasteiger partial charge in [-0.25, -0.2) is 4.98 Å². The van der Waals surface area contributed by atoms with Gasteiger partial charge in [-0.05, 0) is 12.8 Å². The third kappa shape index (κ3) is 2.72. The van der Waals surface area contributed by atoms with Crippen LogP contribution in [0, 0.1) is 0 Å². The molecule has 0 N–H and O–H groups in total. The van der Waals surface area contributed by atoms with E-state index in [0.717, 1.165) is 38.6 Å². The SMILES string of the molecule is CC(=O)N1CCN(Cc2nc(C3CC3)cs2)CC1. The fraction of sp³-hybridized carbons (Fsp3) is 0.692. The van der Waals surface area contributed by atoms with Crippen molar-refractivity contribution in [2.24, 2.45) is 0 Å². The van der Waals surface area contributed by atoms with E-state index in [9.17, 15) is 4.79 Å². The van der Waals surface area contributed by atoms with Crippen LogP contribution in [0.25, 0.3) is 0 Å². The maximum atomic E-state index is 11.2. The van der Waals surface area contributed by atoms with Gasteiger partial charge in [-0.2, -0.15) is 0 Å². The van der Waals surface area contributed by atoms with E-state index in [4.69, 9.17) is 4.98 Å². The van der Waals surface area contributed by atoms with Crippen LogP contribution >= 0.6 is 11.3 Å². The van der Waals surface area contributed by atoms with Gasteiger partial charge in [-0.3, -0.25) is 9.69 Å². The molecule has 1 saturated carbocycles. The number of carbonyl (C=O) groups is 1. The summed E-state index contributed by atoms with van der Waals surface area (Å²) in [5, 5.41) is 3.45. The number of rotatable bonds is 3. The summed E-state index contributed by atoms with van der Waals surface area (Å²) in [5.41, 5.74) is 1.30. The molecule has 1 aliphatic carbocycles. The van der Waals surface area contributed by atoms with Gasteiger partial charge in [0.1, 0.15) is 5.01 Å². The number of hydrogen-bond donors (Lipinski definition) is 0. The van der Waals surface area contributed by atoms with E-state index in [2.05, 4.69) is 10.3 Å². The predicted octanol–water partition coefficient (Wildman–Crippen LogP) is 1.68. The molecule has 98 valence electrons. The van der Waals surface area contributed by atoms with Gasteiger partial charge in [-0.1, -0.05) is 0 Å². The number of carbonyl (C=O) groups excluding carboxylic acids is 1. The first-order chi connectivity index (χ1) is 8.72. The Balaban J connectivity index is 1.52. The van der Waals surface area contributed by atoms with Crippen molar-refractivity contribution >= 4 is 17.2 Å². The van der Waals surface area contributed by atoms with Crippen LogP contribution in [0.15, 0.2) is 5.38 Å². The monoisotopic (exact) mass is 265 g/mol. The minimum absolute atomic E-state index is 0.194. The number of hydrogen-bond acceptors (Lipinski definition) is 4. The topological polar surface area (TPSA) is 36.4 Å². The second-order valence-corrected chi connectivity index (χ2v) is 6.17. The smallest absolute Gasteiger partial charge is 0.219 e. The first-order valence-electron chi connectivity index (χ1n) is 6.64. The molecule has 1 aliphatic heterocycles. The van der Waals surface area contributed by atoms with Gasteiger partial charge in [0.2, 0.25) is 5.91 Å². The van der Waals surface area contributed by atoms with Gasteiger partial charge in [-0.15, -0.1) is 11.3 Å². The summed E-state index contributed by atoms with van der Waals surface area (Å²) in [4.78, 5) is 20.3. The van der Waals surface area contributed by atoms with Gasteiger partial charge < -0.3 is 4.90 Å². The molecule has 1 saturated heterocycles. The zero-order valence-corrected chi connectivity index (χ0v) is 11.6. The van der Waals surface area contributed by atoms with E-state index in [0.29, 0.717) is 0 Å². The van der Waals surface area contributed by atoms with Crippen LogP contribution in [0.5, 0.6) is 0 Å². The maximum Gasteiger partial charge on any atom is 0.219 e. The van der Waals surface area contributed by atoms with E-state index in [1.165, 1.54) is 23.5 Å². The van der Waals surface area contributed by atoms with Crippen LogP contribution in [0.1, 0.15) is 36.4 Å². The Morgan fingerprint density at radius 2 is 2.11 bits per heavy atom. The van der Waals surface area contributed by atoms with Crippen molar-refractivity contribution in [3.8, 4) is 0 Å². The Morgan fingerprint density at radius 3 is 2.72 bits per heavy atom. The van der Waals surface area contributed by atoms with Crippen LogP contribution in [-0.4, -0.2) is 46.9 Å². The first kappa shape index (κ1) is 12.1. The third-order valence-corrected chi connectivity index (χ3v) is 4.59. The number of amides is 1. The number of nitrogens with zero attached hydrogens (tertiary/aromatic N) is 3. The summed E-state index contributed by atoms with van der Waals surface area (Å²) in [5.74, 6) is 0.949. The number of aromatic nitrogens is 1. The van der Waals surface area contributed by atoms with Gasteiger partial charge in [0.15, 0.2) is 0 Å². The molecule has 0 aromatic carbocycles. The molecule has 0 spiro atoms. The van der Waals surface area contributed by atoms with E-state index < -0.39 is 0 Å². The molecule has 0 unspecified atom stereocenters. The number of thiazole rings is 1. The largest absolute Gasteiger partial charge is 0.340 e. The second-order valence-electron chi connectivity index (χ2n) is 5.22. The van der Waals surface area contributed by atoms with E-state index in [1.807, 2.05) is 4.90 Å². The molecule has 2 fully saturated rings. The van der Waals surface area contributed by atoms with Crippen LogP contribution in [0.3, 0.4) is 0 Å². The molecule has 2 heterocycles. The summed E-state index contributed by atoms with van der Waals surface area (Å²) in [7, 11) is 0. The predicted molar refractivity (Wildman–Crippen MR) is 71.6 cm³/mol. The highest BCUT2D eigenvalue weighted by molar-refractivity contribution is 7.09. The molecule has 5 heteroatoms. The zero-order chi connectivity index (χ0) is 12.5. The van der Waals surface area contributed by atoms with Crippen molar-refractivity contribution in [1.82, 2.24) is 14.8 Å². The Labute approximate surface area is 112 Å². The molecular weight excluding hydrogens is 246 g/mol. The Kier molecular flexibility index (Phi) is 3.35. The fourth-order valence-corrected chi connectivity index (χ4v) is 3.29. The first-order valence-corrected chi connectivity index (χ1v) is 7.52. The van der Waals surface area contributed by atoms with E-state index >= 15 is 0 Å². The van der Waals surface area contributed by atoms with Crippen molar-refractivity contribution in [3.05, 3.63) is 16.1 Å². The summed E-state index contributed by atoms with van der Waals surface area (Å²) < 4.78 is 0. The van der Waals surface area contributed by atoms with Crippen LogP contribution < -0.4 is 0 Å². The summed E-state index contributed by atoms with van der Waals surface area (Å²) >= 11 is 1.79. The van der Waals surface area contributed by atoms with Gasteiger partial charge >= 0.3 is 0 Å². The summed E-state index contributed by atoms with van der Waals surface area (Å²) in [6.07, 6.45) is 2.64. The van der Waals surface area contributed by atoms with Crippen molar-refractivity contribution < 1.29 is 4.79 Å². The second kappa shape index (κ2) is 4.97. The molecule has 0 radical (unpaired) electrons. The molecule has 1 amide bonds. The minimum atomic E-state index is 0.194. The molecule has 1 aromatic heterocycles. The summed E-state index contributed by atoms with van der Waals surface area (Å²) in [6.45, 7) is 6.25. The molecule has 1 aromatic rings. The minimum Gasteiger partial charge on any atom is -0.340 e. The van der Waals surface area contributed by atoms with Gasteiger partial charge in [0, 0.05) is 44.4 Å². The van der Waals surface area contributed by atoms with Crippen molar-refractivity contribution in [1.29, 1.82) is 0 Å². The molecule has 2 aliphatic rings. The highest BCUT2D eigenvalue weighted by atomic mass is 32.1. The lowest BCUT2D eigenvalue weighted by Crippen LogP contribution is -2.47. The summed E-state index contributed by atoms with van der Waals surface area (Å²) in [6, 6.07) is 0. The van der Waals surface area contributed by atoms with Crippen molar-refractivity contribution in [3.63, 3.8) is 0 Å². The molecule has 0 atom stereocenters. The quantitative estimate of drug-likeness (QED) is 0.834. The van der Waals surface area contributed by atoms with Crippen LogP contribution in [0.2, 0.25) is 0 Å². The highest BCUT2D eigenvalue weighted by Crippen LogP contribution is 2.40. The van der Waals surface area contributed by atoms with Gasteiger partial charge in [0.05, 0.1) is 12.2 Å². The Hall–Kier alpha value is -0.940. The maximum absolute atomic E-state index is 11.2. The van der Waals surface area contributed by atoms with Crippen molar-refractivity contribution in [2.45, 2.75) is 32.2 Å². The highest BCUT2D eigenvalue weighted by Gasteiger charge is 2.26. The molecule has 0 bridgehead atoms. The third-order valence-electron chi connectivity index (χ3n) is 3.74. The van der Waals surface area contributed by atoms with Crippen LogP contribution in [-0.2, 0) is 11.3 Å². The lowest BCUT2D eigenvalue weighted by atomic mass is 10.3. The number of piperazine rings is 1. The van der Waals surface area contributed by atoms with Crippen LogP contribution in [0.4, 0.5) is 0 Å².